The van der Waals surface area contributed by atoms with Crippen molar-refractivity contribution in [3.8, 4) is 0 Å². The van der Waals surface area contributed by atoms with Crippen molar-refractivity contribution in [1.29, 1.82) is 0 Å². The minimum absolute atomic E-state index is 0. The Hall–Kier alpha value is -0.540. The van der Waals surface area contributed by atoms with Crippen LogP contribution >= 0.6 is 12.4 Å². The molecule has 0 aliphatic carbocycles. The van der Waals surface area contributed by atoms with E-state index in [4.69, 9.17) is 4.74 Å². The van der Waals surface area contributed by atoms with Crippen LogP contribution in [0, 0.1) is 0 Å². The molecule has 0 saturated heterocycles. The average molecular weight is 390 g/mol. The van der Waals surface area contributed by atoms with Gasteiger partial charge in [0, 0.05) is 6.42 Å². The monoisotopic (exact) mass is 389 g/mol. The van der Waals surface area contributed by atoms with Gasteiger partial charge < -0.3 is 4.74 Å². The molecule has 0 aromatic rings. The van der Waals surface area contributed by atoms with Crippen molar-refractivity contribution < 1.29 is 9.53 Å². The molecule has 0 aromatic heterocycles. The molecule has 0 aliphatic rings. The van der Waals surface area contributed by atoms with E-state index < -0.39 is 0 Å². The third-order valence-corrected chi connectivity index (χ3v) is 4.67. The summed E-state index contributed by atoms with van der Waals surface area (Å²) >= 11 is 0. The Balaban J connectivity index is 0. The van der Waals surface area contributed by atoms with E-state index in [-0.39, 0.29) is 24.6 Å². The molecule has 3 nitrogen and oxygen atoms in total. The standard InChI is InChI=1S/C22H43NO2.ClH/c1-5-6-7-8-9-10-11-12-13-14-15-16-17-18-19-20-22(24)25-21(2)23(3)4;/h12-13,21H,5-11,14-20H2,1-4H3;1H/b13-12-;. The summed E-state index contributed by atoms with van der Waals surface area (Å²) in [6.07, 6.45) is 21.7. The molecule has 0 rings (SSSR count). The highest BCUT2D eigenvalue weighted by Gasteiger charge is 2.10. The molecule has 0 amide bonds. The average Bonchev–Trinajstić information content (AvgIpc) is 2.58. The van der Waals surface area contributed by atoms with Gasteiger partial charge in [0.2, 0.25) is 0 Å². The Kier molecular flexibility index (Phi) is 22.1. The summed E-state index contributed by atoms with van der Waals surface area (Å²) in [6.45, 7) is 4.17. The van der Waals surface area contributed by atoms with Gasteiger partial charge in [-0.1, -0.05) is 70.4 Å². The second-order valence-electron chi connectivity index (χ2n) is 7.39. The number of hydrogen-bond acceptors (Lipinski definition) is 3. The van der Waals surface area contributed by atoms with E-state index in [0.29, 0.717) is 6.42 Å². The van der Waals surface area contributed by atoms with Crippen LogP contribution < -0.4 is 0 Å². The Morgan fingerprint density at radius 1 is 0.846 bits per heavy atom. The lowest BCUT2D eigenvalue weighted by Gasteiger charge is -2.19. The fourth-order valence-corrected chi connectivity index (χ4v) is 2.69. The maximum Gasteiger partial charge on any atom is 0.307 e. The smallest absolute Gasteiger partial charge is 0.307 e. The van der Waals surface area contributed by atoms with Gasteiger partial charge >= 0.3 is 5.97 Å². The van der Waals surface area contributed by atoms with Gasteiger partial charge in [-0.2, -0.15) is 0 Å². The number of nitrogens with zero attached hydrogens (tertiary/aromatic N) is 1. The maximum atomic E-state index is 11.6. The number of allylic oxidation sites excluding steroid dienone is 2. The summed E-state index contributed by atoms with van der Waals surface area (Å²) in [4.78, 5) is 13.5. The number of carbonyl (C=O) groups is 1. The van der Waals surface area contributed by atoms with Crippen LogP contribution in [-0.2, 0) is 9.53 Å². The van der Waals surface area contributed by atoms with Crippen LogP contribution in [0.1, 0.15) is 104 Å². The zero-order valence-electron chi connectivity index (χ0n) is 17.8. The molecule has 1 atom stereocenters. The van der Waals surface area contributed by atoms with Crippen LogP contribution in [0.5, 0.6) is 0 Å². The highest BCUT2D eigenvalue weighted by atomic mass is 35.5. The number of ether oxygens (including phenoxy) is 1. The first-order valence-electron chi connectivity index (χ1n) is 10.6. The molecule has 0 bridgehead atoms. The van der Waals surface area contributed by atoms with Crippen LogP contribution in [0.3, 0.4) is 0 Å². The molecule has 156 valence electrons. The van der Waals surface area contributed by atoms with Gasteiger partial charge in [-0.25, -0.2) is 0 Å². The summed E-state index contributed by atoms with van der Waals surface area (Å²) in [5, 5.41) is 0. The van der Waals surface area contributed by atoms with Crippen molar-refractivity contribution in [2.24, 2.45) is 0 Å². The first-order valence-corrected chi connectivity index (χ1v) is 10.6. The molecule has 0 aliphatic heterocycles. The topological polar surface area (TPSA) is 29.5 Å². The highest BCUT2D eigenvalue weighted by Crippen LogP contribution is 2.10. The van der Waals surface area contributed by atoms with E-state index >= 15 is 0 Å². The molecule has 26 heavy (non-hydrogen) atoms. The number of unbranched alkanes of at least 4 members (excludes halogenated alkanes) is 11. The van der Waals surface area contributed by atoms with Gasteiger partial charge in [0.05, 0.1) is 0 Å². The molecule has 0 aromatic carbocycles. The van der Waals surface area contributed by atoms with Gasteiger partial charge in [0.1, 0.15) is 0 Å². The molecule has 0 spiro atoms. The SMILES string of the molecule is CCCCCCCC/C=C\CCCCCCCC(=O)OC(C)N(C)C.Cl. The first kappa shape index (κ1) is 27.7. The Morgan fingerprint density at radius 3 is 1.81 bits per heavy atom. The largest absolute Gasteiger partial charge is 0.447 e. The van der Waals surface area contributed by atoms with E-state index in [1.807, 2.05) is 25.9 Å². The van der Waals surface area contributed by atoms with Crippen molar-refractivity contribution in [2.75, 3.05) is 14.1 Å². The van der Waals surface area contributed by atoms with Crippen LogP contribution in [0.15, 0.2) is 12.2 Å². The fourth-order valence-electron chi connectivity index (χ4n) is 2.69. The predicted octanol–water partition coefficient (Wildman–Crippen LogP) is 6.90. The number of halogens is 1. The summed E-state index contributed by atoms with van der Waals surface area (Å²) in [7, 11) is 3.83. The van der Waals surface area contributed by atoms with Crippen molar-refractivity contribution in [3.63, 3.8) is 0 Å². The third kappa shape index (κ3) is 19.8. The van der Waals surface area contributed by atoms with Crippen LogP contribution in [-0.4, -0.2) is 31.2 Å². The van der Waals surface area contributed by atoms with Gasteiger partial charge in [-0.05, 0) is 53.1 Å². The van der Waals surface area contributed by atoms with Gasteiger partial charge in [0.15, 0.2) is 6.23 Å². The fraction of sp³-hybridized carbons (Fsp3) is 0.864. The van der Waals surface area contributed by atoms with E-state index in [1.54, 1.807) is 0 Å². The summed E-state index contributed by atoms with van der Waals surface area (Å²) in [5.41, 5.74) is 0. The number of esters is 1. The Bertz CT molecular complexity index is 332. The zero-order chi connectivity index (χ0) is 18.8. The van der Waals surface area contributed by atoms with E-state index in [2.05, 4.69) is 19.1 Å². The summed E-state index contributed by atoms with van der Waals surface area (Å²) in [6, 6.07) is 0. The van der Waals surface area contributed by atoms with Crippen molar-refractivity contribution in [3.05, 3.63) is 12.2 Å². The summed E-state index contributed by atoms with van der Waals surface area (Å²) < 4.78 is 5.31. The second-order valence-corrected chi connectivity index (χ2v) is 7.39. The maximum absolute atomic E-state index is 11.6. The molecule has 1 unspecified atom stereocenters. The Labute approximate surface area is 169 Å². The Morgan fingerprint density at radius 2 is 1.31 bits per heavy atom. The van der Waals surface area contributed by atoms with Crippen LogP contribution in [0.25, 0.3) is 0 Å². The number of hydrogen-bond donors (Lipinski definition) is 0. The number of rotatable bonds is 17. The molecule has 0 heterocycles. The van der Waals surface area contributed by atoms with Crippen LogP contribution in [0.2, 0.25) is 0 Å². The number of carbonyl (C=O) groups excluding carboxylic acids is 1. The quantitative estimate of drug-likeness (QED) is 0.117. The third-order valence-electron chi connectivity index (χ3n) is 4.67. The molecule has 0 N–H and O–H groups in total. The van der Waals surface area contributed by atoms with Gasteiger partial charge in [0.25, 0.3) is 0 Å². The van der Waals surface area contributed by atoms with Crippen LogP contribution in [0.4, 0.5) is 0 Å². The second kappa shape index (κ2) is 20.8. The minimum Gasteiger partial charge on any atom is -0.447 e. The molecule has 4 heteroatoms. The van der Waals surface area contributed by atoms with Gasteiger partial charge in [-0.3, -0.25) is 9.69 Å². The molecule has 0 fully saturated rings. The highest BCUT2D eigenvalue weighted by molar-refractivity contribution is 5.85. The lowest BCUT2D eigenvalue weighted by Crippen LogP contribution is -2.29. The predicted molar refractivity (Wildman–Crippen MR) is 116 cm³/mol. The first-order chi connectivity index (χ1) is 12.1. The van der Waals surface area contributed by atoms with Gasteiger partial charge in [-0.15, -0.1) is 12.4 Å². The zero-order valence-corrected chi connectivity index (χ0v) is 18.6. The molecule has 0 radical (unpaired) electrons. The molecule has 0 saturated carbocycles. The van der Waals surface area contributed by atoms with Crippen molar-refractivity contribution in [2.45, 2.75) is 110 Å². The normalized spacial score (nSPS) is 12.3. The molecular weight excluding hydrogens is 346 g/mol. The van der Waals surface area contributed by atoms with E-state index in [1.165, 1.54) is 70.6 Å². The van der Waals surface area contributed by atoms with Crippen molar-refractivity contribution >= 4 is 18.4 Å². The lowest BCUT2D eigenvalue weighted by molar-refractivity contribution is -0.155. The van der Waals surface area contributed by atoms with Crippen molar-refractivity contribution in [1.82, 2.24) is 4.90 Å². The van der Waals surface area contributed by atoms with E-state index in [0.717, 1.165) is 12.8 Å². The summed E-state index contributed by atoms with van der Waals surface area (Å²) in [5.74, 6) is -0.0705. The van der Waals surface area contributed by atoms with E-state index in [9.17, 15) is 4.79 Å². The minimum atomic E-state index is -0.129. The molecular formula is C22H44ClNO2. The lowest BCUT2D eigenvalue weighted by atomic mass is 10.1.